The van der Waals surface area contributed by atoms with Crippen molar-refractivity contribution in [3.05, 3.63) is 68.6 Å². The number of aromatic nitrogens is 2. The molecule has 0 spiro atoms. The van der Waals surface area contributed by atoms with E-state index < -0.39 is 11.6 Å². The Balaban J connectivity index is 2.06. The highest BCUT2D eigenvalue weighted by molar-refractivity contribution is 14.1. The van der Waals surface area contributed by atoms with Crippen LogP contribution in [-0.2, 0) is 19.9 Å². The zero-order valence-corrected chi connectivity index (χ0v) is 18.1. The number of nitrogens with zero attached hydrogens (tertiary/aromatic N) is 2. The molecule has 5 nitrogen and oxygen atoms in total. The zero-order valence-electron chi connectivity index (χ0n) is 15.2. The molecule has 0 bridgehead atoms. The van der Waals surface area contributed by atoms with Crippen LogP contribution in [0.15, 0.2) is 48.5 Å². The van der Waals surface area contributed by atoms with Gasteiger partial charge in [0.2, 0.25) is 10.9 Å². The summed E-state index contributed by atoms with van der Waals surface area (Å²) in [6.07, 6.45) is 1.75. The van der Waals surface area contributed by atoms with Gasteiger partial charge in [-0.2, -0.15) is 0 Å². The van der Waals surface area contributed by atoms with E-state index in [1.807, 2.05) is 48.5 Å². The first-order valence-corrected chi connectivity index (χ1v) is 10.5. The summed E-state index contributed by atoms with van der Waals surface area (Å²) in [5.74, 6) is -0.497. The standard InChI is InChI=1S/C21H18ClIN2O3/c1-2-27-19(26)21(28-15-9-10-15,13-6-4-3-5-7-13)18-16-12-14(23)8-11-17(16)24-20(22)25-18/h3-8,11-12,15H,2,9-10H2,1H3. The van der Waals surface area contributed by atoms with Crippen LogP contribution in [0.5, 0.6) is 0 Å². The molecule has 28 heavy (non-hydrogen) atoms. The fraction of sp³-hybridized carbons (Fsp3) is 0.286. The van der Waals surface area contributed by atoms with Crippen molar-refractivity contribution < 1.29 is 14.3 Å². The first kappa shape index (κ1) is 19.5. The minimum absolute atomic E-state index is 0.0313. The average Bonchev–Trinajstić information content (AvgIpc) is 3.51. The van der Waals surface area contributed by atoms with Crippen molar-refractivity contribution in [2.75, 3.05) is 6.61 Å². The van der Waals surface area contributed by atoms with Gasteiger partial charge in [-0.1, -0.05) is 30.3 Å². The molecule has 3 aromatic rings. The van der Waals surface area contributed by atoms with Crippen molar-refractivity contribution in [1.82, 2.24) is 9.97 Å². The molecule has 0 radical (unpaired) electrons. The van der Waals surface area contributed by atoms with E-state index in [2.05, 4.69) is 32.6 Å². The number of ether oxygens (including phenoxy) is 2. The Morgan fingerprint density at radius 2 is 1.96 bits per heavy atom. The van der Waals surface area contributed by atoms with Crippen LogP contribution in [-0.4, -0.2) is 28.6 Å². The Morgan fingerprint density at radius 3 is 2.64 bits per heavy atom. The minimum Gasteiger partial charge on any atom is -0.463 e. The highest BCUT2D eigenvalue weighted by Gasteiger charge is 2.51. The summed E-state index contributed by atoms with van der Waals surface area (Å²) in [4.78, 5) is 22.2. The third-order valence-corrected chi connectivity index (χ3v) is 5.42. The second-order valence-corrected chi connectivity index (χ2v) is 8.17. The second-order valence-electron chi connectivity index (χ2n) is 6.59. The number of carbonyl (C=O) groups is 1. The van der Waals surface area contributed by atoms with Crippen LogP contribution >= 0.6 is 34.2 Å². The van der Waals surface area contributed by atoms with E-state index in [0.29, 0.717) is 22.2 Å². The number of benzene rings is 2. The quantitative estimate of drug-likeness (QED) is 0.270. The maximum Gasteiger partial charge on any atom is 0.349 e. The van der Waals surface area contributed by atoms with Crippen LogP contribution < -0.4 is 0 Å². The van der Waals surface area contributed by atoms with Gasteiger partial charge in [-0.05, 0) is 72.2 Å². The van der Waals surface area contributed by atoms with Gasteiger partial charge in [0.15, 0.2) is 0 Å². The number of rotatable bonds is 6. The van der Waals surface area contributed by atoms with Gasteiger partial charge in [0.25, 0.3) is 0 Å². The van der Waals surface area contributed by atoms with Gasteiger partial charge in [0.1, 0.15) is 5.69 Å². The first-order chi connectivity index (χ1) is 13.5. The van der Waals surface area contributed by atoms with E-state index in [9.17, 15) is 4.79 Å². The summed E-state index contributed by atoms with van der Waals surface area (Å²) in [5.41, 5.74) is 0.223. The van der Waals surface area contributed by atoms with Gasteiger partial charge in [-0.25, -0.2) is 14.8 Å². The molecule has 7 heteroatoms. The lowest BCUT2D eigenvalue weighted by molar-refractivity contribution is -0.170. The number of fused-ring (bicyclic) bond motifs is 1. The average molecular weight is 509 g/mol. The Bertz CT molecular complexity index is 1030. The lowest BCUT2D eigenvalue weighted by Crippen LogP contribution is -2.43. The Kier molecular flexibility index (Phi) is 5.53. The van der Waals surface area contributed by atoms with Crippen LogP contribution in [0.25, 0.3) is 10.9 Å². The smallest absolute Gasteiger partial charge is 0.349 e. The van der Waals surface area contributed by atoms with E-state index in [1.165, 1.54) is 0 Å². The van der Waals surface area contributed by atoms with E-state index >= 15 is 0 Å². The predicted molar refractivity (Wildman–Crippen MR) is 115 cm³/mol. The first-order valence-electron chi connectivity index (χ1n) is 9.08. The van der Waals surface area contributed by atoms with Gasteiger partial charge in [0.05, 0.1) is 18.2 Å². The van der Waals surface area contributed by atoms with Crippen molar-refractivity contribution in [2.45, 2.75) is 31.5 Å². The van der Waals surface area contributed by atoms with Gasteiger partial charge >= 0.3 is 5.97 Å². The predicted octanol–water partition coefficient (Wildman–Crippen LogP) is 4.87. The normalized spacial score (nSPS) is 16.0. The zero-order chi connectivity index (χ0) is 19.7. The van der Waals surface area contributed by atoms with Crippen LogP contribution in [0, 0.1) is 3.57 Å². The van der Waals surface area contributed by atoms with Crippen molar-refractivity contribution in [3.63, 3.8) is 0 Å². The fourth-order valence-corrected chi connectivity index (χ4v) is 3.87. The minimum atomic E-state index is -1.51. The molecule has 1 heterocycles. The molecule has 2 aromatic carbocycles. The fourth-order valence-electron chi connectivity index (χ4n) is 3.21. The van der Waals surface area contributed by atoms with Crippen molar-refractivity contribution in [3.8, 4) is 0 Å². The molecular weight excluding hydrogens is 491 g/mol. The third-order valence-electron chi connectivity index (χ3n) is 4.57. The number of hydrogen-bond acceptors (Lipinski definition) is 5. The number of hydrogen-bond donors (Lipinski definition) is 0. The molecule has 0 saturated heterocycles. The summed E-state index contributed by atoms with van der Waals surface area (Å²) in [6.45, 7) is 2.01. The third kappa shape index (κ3) is 3.60. The number of esters is 1. The summed E-state index contributed by atoms with van der Waals surface area (Å²) in [7, 11) is 0. The molecule has 1 aliphatic rings. The Morgan fingerprint density at radius 1 is 1.21 bits per heavy atom. The molecule has 1 aliphatic carbocycles. The van der Waals surface area contributed by atoms with Crippen molar-refractivity contribution in [2.24, 2.45) is 0 Å². The van der Waals surface area contributed by atoms with Crippen molar-refractivity contribution in [1.29, 1.82) is 0 Å². The van der Waals surface area contributed by atoms with Crippen LogP contribution in [0.2, 0.25) is 5.28 Å². The number of halogens is 2. The highest BCUT2D eigenvalue weighted by atomic mass is 127. The van der Waals surface area contributed by atoms with Crippen molar-refractivity contribution >= 4 is 51.1 Å². The molecule has 1 aromatic heterocycles. The summed E-state index contributed by atoms with van der Waals surface area (Å²) in [5, 5.41) is 0.779. The monoisotopic (exact) mass is 508 g/mol. The molecule has 1 atom stereocenters. The Hall–Kier alpha value is -1.77. The van der Waals surface area contributed by atoms with E-state index in [4.69, 9.17) is 21.1 Å². The lowest BCUT2D eigenvalue weighted by atomic mass is 9.87. The molecule has 4 rings (SSSR count). The summed E-state index contributed by atoms with van der Waals surface area (Å²) in [6, 6.07) is 15.1. The van der Waals surface area contributed by atoms with Crippen LogP contribution in [0.4, 0.5) is 0 Å². The summed E-state index contributed by atoms with van der Waals surface area (Å²) >= 11 is 8.48. The van der Waals surface area contributed by atoms with E-state index in [-0.39, 0.29) is 18.0 Å². The number of carbonyl (C=O) groups excluding carboxylic acids is 1. The van der Waals surface area contributed by atoms with Gasteiger partial charge in [0, 0.05) is 14.5 Å². The summed E-state index contributed by atoms with van der Waals surface area (Å²) < 4.78 is 12.9. The van der Waals surface area contributed by atoms with Gasteiger partial charge in [-0.3, -0.25) is 0 Å². The topological polar surface area (TPSA) is 61.3 Å². The second kappa shape index (κ2) is 7.93. The molecule has 0 amide bonds. The molecule has 1 unspecified atom stereocenters. The van der Waals surface area contributed by atoms with Crippen LogP contribution in [0.1, 0.15) is 31.0 Å². The molecule has 144 valence electrons. The molecule has 0 aliphatic heterocycles. The largest absolute Gasteiger partial charge is 0.463 e. The maximum absolute atomic E-state index is 13.4. The van der Waals surface area contributed by atoms with Gasteiger partial charge in [-0.15, -0.1) is 0 Å². The highest BCUT2D eigenvalue weighted by Crippen LogP contribution is 2.43. The Labute approximate surface area is 181 Å². The van der Waals surface area contributed by atoms with Crippen LogP contribution in [0.3, 0.4) is 0 Å². The maximum atomic E-state index is 13.4. The lowest BCUT2D eigenvalue weighted by Gasteiger charge is -2.32. The molecule has 1 fully saturated rings. The SMILES string of the molecule is CCOC(=O)C(OC1CC1)(c1ccccc1)c1nc(Cl)nc2ccc(I)cc12. The molecular formula is C21H18ClIN2O3. The molecule has 0 N–H and O–H groups in total. The van der Waals surface area contributed by atoms with E-state index in [1.54, 1.807) is 6.92 Å². The molecule has 1 saturated carbocycles. The van der Waals surface area contributed by atoms with Gasteiger partial charge < -0.3 is 9.47 Å². The van der Waals surface area contributed by atoms with E-state index in [0.717, 1.165) is 16.4 Å².